The smallest absolute Gasteiger partial charge is 0.147 e. The van der Waals surface area contributed by atoms with Crippen LogP contribution in [0.2, 0.25) is 0 Å². The Morgan fingerprint density at radius 3 is 2.73 bits per heavy atom. The number of anilines is 2. The summed E-state index contributed by atoms with van der Waals surface area (Å²) in [5, 5.41) is 3.85. The van der Waals surface area contributed by atoms with Gasteiger partial charge in [0.1, 0.15) is 30.0 Å². The number of fused-ring (bicyclic) bond motifs is 1. The van der Waals surface area contributed by atoms with Crippen molar-refractivity contribution in [1.82, 2.24) is 4.98 Å². The summed E-state index contributed by atoms with van der Waals surface area (Å²) in [6.07, 6.45) is 4.97. The molecule has 0 amide bonds. The van der Waals surface area contributed by atoms with Crippen molar-refractivity contribution in [1.29, 1.82) is 0 Å². The molecule has 130 valence electrons. The van der Waals surface area contributed by atoms with Crippen LogP contribution in [0.3, 0.4) is 0 Å². The molecule has 0 saturated heterocycles. The van der Waals surface area contributed by atoms with E-state index in [9.17, 15) is 4.39 Å². The van der Waals surface area contributed by atoms with Crippen LogP contribution in [-0.4, -0.2) is 4.98 Å². The minimum Gasteiger partial charge on any atom is -0.489 e. The minimum atomic E-state index is -0.317. The Morgan fingerprint density at radius 1 is 1.08 bits per heavy atom. The molecule has 0 aliphatic rings. The molecule has 0 atom stereocenters. The molecular weight excluding hydrogens is 446 g/mol. The van der Waals surface area contributed by atoms with Crippen molar-refractivity contribution in [3.05, 3.63) is 82.1 Å². The summed E-state index contributed by atoms with van der Waals surface area (Å²) >= 11 is 2.07. The maximum absolute atomic E-state index is 14.1. The number of furan rings is 1. The molecule has 6 heteroatoms. The van der Waals surface area contributed by atoms with Crippen LogP contribution >= 0.6 is 22.6 Å². The number of aromatic nitrogens is 1. The van der Waals surface area contributed by atoms with Crippen LogP contribution < -0.4 is 10.1 Å². The van der Waals surface area contributed by atoms with Crippen molar-refractivity contribution >= 4 is 44.9 Å². The van der Waals surface area contributed by atoms with E-state index in [0.717, 1.165) is 20.3 Å². The zero-order valence-corrected chi connectivity index (χ0v) is 15.7. The van der Waals surface area contributed by atoms with Gasteiger partial charge in [-0.05, 0) is 52.9 Å². The van der Waals surface area contributed by atoms with Crippen molar-refractivity contribution in [2.24, 2.45) is 0 Å². The number of halogens is 2. The Labute approximate surface area is 163 Å². The molecule has 1 N–H and O–H groups in total. The van der Waals surface area contributed by atoms with Crippen molar-refractivity contribution in [2.75, 3.05) is 5.32 Å². The largest absolute Gasteiger partial charge is 0.489 e. The zero-order valence-electron chi connectivity index (χ0n) is 13.6. The number of ether oxygens (including phenoxy) is 1. The number of rotatable bonds is 5. The standard InChI is InChI=1S/C20H14FIN2O2/c21-17-8-14(22)6-7-18(17)24-19-12-26-20-13(9-23-10-16(19)20)11-25-15-4-2-1-3-5-15/h1-10,12,24H,11H2. The summed E-state index contributed by atoms with van der Waals surface area (Å²) in [6, 6.07) is 14.6. The van der Waals surface area contributed by atoms with Gasteiger partial charge < -0.3 is 14.5 Å². The van der Waals surface area contributed by atoms with E-state index < -0.39 is 0 Å². The van der Waals surface area contributed by atoms with E-state index in [-0.39, 0.29) is 5.82 Å². The molecular formula is C20H14FIN2O2. The Hall–Kier alpha value is -2.61. The van der Waals surface area contributed by atoms with Crippen LogP contribution in [0.4, 0.5) is 15.8 Å². The van der Waals surface area contributed by atoms with Crippen molar-refractivity contribution in [3.63, 3.8) is 0 Å². The molecule has 2 aromatic heterocycles. The summed E-state index contributed by atoms with van der Waals surface area (Å²) in [5.41, 5.74) is 2.54. The van der Waals surface area contributed by atoms with E-state index in [1.54, 1.807) is 24.7 Å². The first-order valence-corrected chi connectivity index (χ1v) is 9.02. The summed E-state index contributed by atoms with van der Waals surface area (Å²) in [5.74, 6) is 0.457. The highest BCUT2D eigenvalue weighted by Gasteiger charge is 2.13. The van der Waals surface area contributed by atoms with E-state index >= 15 is 0 Å². The lowest BCUT2D eigenvalue weighted by Gasteiger charge is -2.07. The summed E-state index contributed by atoms with van der Waals surface area (Å²) in [6.45, 7) is 0.333. The molecule has 0 unspecified atom stereocenters. The molecule has 0 aliphatic carbocycles. The molecule has 0 spiro atoms. The maximum Gasteiger partial charge on any atom is 0.147 e. The maximum atomic E-state index is 14.1. The number of hydrogen-bond donors (Lipinski definition) is 1. The van der Waals surface area contributed by atoms with Crippen LogP contribution in [0, 0.1) is 9.39 Å². The number of pyridine rings is 1. The van der Waals surface area contributed by atoms with Gasteiger partial charge >= 0.3 is 0 Å². The second-order valence-corrected chi connectivity index (χ2v) is 6.92. The molecule has 26 heavy (non-hydrogen) atoms. The number of nitrogens with one attached hydrogen (secondary N) is 1. The summed E-state index contributed by atoms with van der Waals surface area (Å²) in [7, 11) is 0. The molecule has 4 rings (SSSR count). The molecule has 2 heterocycles. The molecule has 2 aromatic carbocycles. The third-order valence-corrected chi connectivity index (χ3v) is 4.56. The Morgan fingerprint density at radius 2 is 1.92 bits per heavy atom. The van der Waals surface area contributed by atoms with Gasteiger partial charge in [0.15, 0.2) is 0 Å². The average molecular weight is 460 g/mol. The normalized spacial score (nSPS) is 10.8. The van der Waals surface area contributed by atoms with Gasteiger partial charge in [0.05, 0.1) is 22.3 Å². The first-order chi connectivity index (χ1) is 12.7. The number of hydrogen-bond acceptors (Lipinski definition) is 4. The summed E-state index contributed by atoms with van der Waals surface area (Å²) < 4.78 is 26.4. The van der Waals surface area contributed by atoms with E-state index in [0.29, 0.717) is 23.6 Å². The van der Waals surface area contributed by atoms with Gasteiger partial charge in [0, 0.05) is 16.0 Å². The first kappa shape index (κ1) is 16.8. The van der Waals surface area contributed by atoms with E-state index in [4.69, 9.17) is 9.15 Å². The second-order valence-electron chi connectivity index (χ2n) is 5.68. The van der Waals surface area contributed by atoms with Gasteiger partial charge in [-0.25, -0.2) is 4.39 Å². The number of para-hydroxylation sites is 1. The van der Waals surface area contributed by atoms with Crippen LogP contribution in [0.15, 0.2) is 71.6 Å². The van der Waals surface area contributed by atoms with Crippen molar-refractivity contribution in [2.45, 2.75) is 6.61 Å². The van der Waals surface area contributed by atoms with Gasteiger partial charge in [-0.15, -0.1) is 0 Å². The van der Waals surface area contributed by atoms with Gasteiger partial charge in [0.25, 0.3) is 0 Å². The van der Waals surface area contributed by atoms with Crippen molar-refractivity contribution in [3.8, 4) is 5.75 Å². The molecule has 0 aliphatic heterocycles. The lowest BCUT2D eigenvalue weighted by atomic mass is 10.2. The Balaban J connectivity index is 1.60. The van der Waals surface area contributed by atoms with Gasteiger partial charge in [-0.2, -0.15) is 0 Å². The zero-order chi connectivity index (χ0) is 17.9. The Kier molecular flexibility index (Phi) is 4.75. The highest BCUT2D eigenvalue weighted by molar-refractivity contribution is 14.1. The van der Waals surface area contributed by atoms with Gasteiger partial charge in [-0.1, -0.05) is 18.2 Å². The quantitative estimate of drug-likeness (QED) is 0.377. The number of benzene rings is 2. The lowest BCUT2D eigenvalue weighted by Crippen LogP contribution is -1.97. The third-order valence-electron chi connectivity index (χ3n) is 3.89. The van der Waals surface area contributed by atoms with E-state index in [2.05, 4.69) is 32.9 Å². The third kappa shape index (κ3) is 3.50. The fourth-order valence-electron chi connectivity index (χ4n) is 2.62. The summed E-state index contributed by atoms with van der Waals surface area (Å²) in [4.78, 5) is 4.26. The van der Waals surface area contributed by atoms with Crippen LogP contribution in [-0.2, 0) is 6.61 Å². The minimum absolute atomic E-state index is 0.317. The average Bonchev–Trinajstić information content (AvgIpc) is 3.07. The molecule has 0 saturated carbocycles. The van der Waals surface area contributed by atoms with Gasteiger partial charge in [-0.3, -0.25) is 4.98 Å². The predicted molar refractivity (Wildman–Crippen MR) is 107 cm³/mol. The van der Waals surface area contributed by atoms with Gasteiger partial charge in [0.2, 0.25) is 0 Å². The monoisotopic (exact) mass is 460 g/mol. The fraction of sp³-hybridized carbons (Fsp3) is 0.0500. The molecule has 4 nitrogen and oxygen atoms in total. The predicted octanol–water partition coefficient (Wildman–Crippen LogP) is 5.89. The molecule has 0 bridgehead atoms. The lowest BCUT2D eigenvalue weighted by molar-refractivity contribution is 0.305. The highest BCUT2D eigenvalue weighted by atomic mass is 127. The van der Waals surface area contributed by atoms with Crippen molar-refractivity contribution < 1.29 is 13.5 Å². The molecule has 0 radical (unpaired) electrons. The van der Waals surface area contributed by atoms with Crippen LogP contribution in [0.1, 0.15) is 5.56 Å². The highest BCUT2D eigenvalue weighted by Crippen LogP contribution is 2.31. The Bertz CT molecular complexity index is 1050. The number of nitrogens with zero attached hydrogens (tertiary/aromatic N) is 1. The fourth-order valence-corrected chi connectivity index (χ4v) is 3.07. The molecule has 4 aromatic rings. The first-order valence-electron chi connectivity index (χ1n) is 7.95. The SMILES string of the molecule is Fc1cc(I)ccc1Nc1coc2c(COc3ccccc3)cncc12. The van der Waals surface area contributed by atoms with E-state index in [1.165, 1.54) is 6.07 Å². The van der Waals surface area contributed by atoms with Crippen LogP contribution in [0.5, 0.6) is 5.75 Å². The van der Waals surface area contributed by atoms with E-state index in [1.807, 2.05) is 36.4 Å². The molecule has 0 fully saturated rings. The topological polar surface area (TPSA) is 47.3 Å². The second kappa shape index (κ2) is 7.33. The van der Waals surface area contributed by atoms with Crippen LogP contribution in [0.25, 0.3) is 11.0 Å².